The summed E-state index contributed by atoms with van der Waals surface area (Å²) in [4.78, 5) is 21.3. The molecule has 38 heavy (non-hydrogen) atoms. The van der Waals surface area contributed by atoms with E-state index in [1.54, 1.807) is 10.6 Å². The Kier molecular flexibility index (Phi) is 9.45. The number of aldehydes is 1. The zero-order valence-electron chi connectivity index (χ0n) is 22.1. The maximum atomic E-state index is 13.4. The van der Waals surface area contributed by atoms with Gasteiger partial charge < -0.3 is 9.47 Å². The molecule has 1 aromatic heterocycles. The van der Waals surface area contributed by atoms with E-state index in [0.29, 0.717) is 23.1 Å². The van der Waals surface area contributed by atoms with E-state index in [-0.39, 0.29) is 23.0 Å². The summed E-state index contributed by atoms with van der Waals surface area (Å²) in [6, 6.07) is 10.1. The highest BCUT2D eigenvalue weighted by atomic mass is 19.3. The molecule has 2 heterocycles. The molecule has 7 nitrogen and oxygen atoms in total. The Morgan fingerprint density at radius 3 is 2.68 bits per heavy atom. The molecule has 0 aliphatic carbocycles. The summed E-state index contributed by atoms with van der Waals surface area (Å²) in [5.41, 5.74) is 2.62. The Morgan fingerprint density at radius 1 is 1.21 bits per heavy atom. The lowest BCUT2D eigenvalue weighted by molar-refractivity contribution is -0.0498. The van der Waals surface area contributed by atoms with Crippen molar-refractivity contribution in [1.82, 2.24) is 19.4 Å². The molecule has 0 N–H and O–H groups in total. The van der Waals surface area contributed by atoms with Crippen LogP contribution >= 0.6 is 0 Å². The number of para-hydroxylation sites is 1. The summed E-state index contributed by atoms with van der Waals surface area (Å²) in [5, 5.41) is 0. The van der Waals surface area contributed by atoms with Gasteiger partial charge in [0.1, 0.15) is 11.5 Å². The zero-order valence-corrected chi connectivity index (χ0v) is 22.1. The molecule has 0 radical (unpaired) electrons. The van der Waals surface area contributed by atoms with E-state index < -0.39 is 6.61 Å². The molecule has 0 saturated carbocycles. The lowest BCUT2D eigenvalue weighted by atomic mass is 10.1. The third kappa shape index (κ3) is 6.38. The fourth-order valence-electron chi connectivity index (χ4n) is 4.85. The minimum atomic E-state index is -3.04. The van der Waals surface area contributed by atoms with Gasteiger partial charge in [-0.05, 0) is 63.8 Å². The third-order valence-corrected chi connectivity index (χ3v) is 6.70. The topological polar surface area (TPSA) is 59.8 Å². The first kappa shape index (κ1) is 27.7. The number of fused-ring (bicyclic) bond motifs is 1. The second-order valence-electron chi connectivity index (χ2n) is 9.45. The molecule has 1 atom stereocenters. The number of alkyl halides is 2. The van der Waals surface area contributed by atoms with Crippen molar-refractivity contribution in [2.45, 2.75) is 38.8 Å². The van der Waals surface area contributed by atoms with Crippen molar-refractivity contribution >= 4 is 17.3 Å². The summed E-state index contributed by atoms with van der Waals surface area (Å²) in [6.45, 7) is 3.47. The van der Waals surface area contributed by atoms with Crippen molar-refractivity contribution in [3.05, 3.63) is 53.3 Å². The SMILES string of the molecule is CC[C@H](c1nc2ccc(C#CCCCN3CCOCC3)cc2n1-c1c(C=O)cccc1OC(F)F)N(C)C. The van der Waals surface area contributed by atoms with E-state index in [9.17, 15) is 13.6 Å². The standard InChI is InChI=1S/C29H34F2N4O3/c1-4-24(33(2)3)28-32-23-13-12-21(9-6-5-7-14-34-15-17-37-18-16-34)19-25(23)35(28)27-22(20-36)10-8-11-26(27)38-29(30)31/h8,10-13,19-20,24,29H,4-5,7,14-18H2,1-3H3/t24-/m1/s1. The summed E-state index contributed by atoms with van der Waals surface area (Å²) in [7, 11) is 3.88. The normalized spacial score (nSPS) is 15.0. The first-order chi connectivity index (χ1) is 18.4. The minimum Gasteiger partial charge on any atom is -0.433 e. The Labute approximate surface area is 222 Å². The van der Waals surface area contributed by atoms with E-state index >= 15 is 0 Å². The highest BCUT2D eigenvalue weighted by Crippen LogP contribution is 2.36. The van der Waals surface area contributed by atoms with Gasteiger partial charge in [-0.15, -0.1) is 0 Å². The van der Waals surface area contributed by atoms with Gasteiger partial charge in [-0.2, -0.15) is 8.78 Å². The van der Waals surface area contributed by atoms with Gasteiger partial charge in [0.2, 0.25) is 0 Å². The van der Waals surface area contributed by atoms with Crippen molar-refractivity contribution in [3.63, 3.8) is 0 Å². The van der Waals surface area contributed by atoms with Gasteiger partial charge in [-0.3, -0.25) is 19.2 Å². The highest BCUT2D eigenvalue weighted by molar-refractivity contribution is 5.87. The first-order valence-electron chi connectivity index (χ1n) is 12.9. The monoisotopic (exact) mass is 524 g/mol. The number of ether oxygens (including phenoxy) is 2. The predicted molar refractivity (Wildman–Crippen MR) is 143 cm³/mol. The van der Waals surface area contributed by atoms with Gasteiger partial charge in [-0.25, -0.2) is 4.98 Å². The van der Waals surface area contributed by atoms with Crippen LogP contribution in [0.3, 0.4) is 0 Å². The van der Waals surface area contributed by atoms with Crippen molar-refractivity contribution < 1.29 is 23.0 Å². The number of hydrogen-bond donors (Lipinski definition) is 0. The van der Waals surface area contributed by atoms with Crippen LogP contribution in [0, 0.1) is 11.8 Å². The van der Waals surface area contributed by atoms with E-state index in [1.165, 1.54) is 12.1 Å². The Morgan fingerprint density at radius 2 is 2.00 bits per heavy atom. The number of rotatable bonds is 10. The molecule has 0 bridgehead atoms. The van der Waals surface area contributed by atoms with E-state index in [4.69, 9.17) is 14.5 Å². The van der Waals surface area contributed by atoms with Gasteiger partial charge in [0.15, 0.2) is 12.0 Å². The quantitative estimate of drug-likeness (QED) is 0.213. The molecule has 1 aliphatic heterocycles. The number of morpholine rings is 1. The van der Waals surface area contributed by atoms with Gasteiger partial charge in [0.25, 0.3) is 0 Å². The maximum Gasteiger partial charge on any atom is 0.387 e. The summed E-state index contributed by atoms with van der Waals surface area (Å²) < 4.78 is 38.8. The maximum absolute atomic E-state index is 13.4. The second kappa shape index (κ2) is 13.0. The van der Waals surface area contributed by atoms with Crippen molar-refractivity contribution in [3.8, 4) is 23.3 Å². The molecular weight excluding hydrogens is 490 g/mol. The average Bonchev–Trinajstić information content (AvgIpc) is 3.26. The van der Waals surface area contributed by atoms with Crippen LogP contribution < -0.4 is 4.74 Å². The largest absolute Gasteiger partial charge is 0.433 e. The summed E-state index contributed by atoms with van der Waals surface area (Å²) in [5.74, 6) is 7.05. The van der Waals surface area contributed by atoms with Gasteiger partial charge in [-0.1, -0.05) is 24.8 Å². The van der Waals surface area contributed by atoms with Crippen LogP contribution in [-0.2, 0) is 4.74 Å². The number of unbranched alkanes of at least 4 members (excludes halogenated alkanes) is 1. The molecule has 1 saturated heterocycles. The van der Waals surface area contributed by atoms with Crippen LogP contribution in [0.15, 0.2) is 36.4 Å². The van der Waals surface area contributed by atoms with Crippen LogP contribution in [0.4, 0.5) is 8.78 Å². The average molecular weight is 525 g/mol. The molecule has 9 heteroatoms. The minimum absolute atomic E-state index is 0.0849. The molecule has 1 aliphatic rings. The number of carbonyl (C=O) groups is 1. The molecule has 1 fully saturated rings. The number of hydrogen-bond acceptors (Lipinski definition) is 6. The van der Waals surface area contributed by atoms with E-state index in [1.807, 2.05) is 44.1 Å². The number of aromatic nitrogens is 2. The molecule has 202 valence electrons. The number of imidazole rings is 1. The molecule has 0 amide bonds. The van der Waals surface area contributed by atoms with Gasteiger partial charge in [0.05, 0.1) is 30.3 Å². The second-order valence-corrected chi connectivity index (χ2v) is 9.45. The van der Waals surface area contributed by atoms with Crippen LogP contribution in [0.1, 0.15) is 54.0 Å². The lowest BCUT2D eigenvalue weighted by Gasteiger charge is -2.26. The smallest absolute Gasteiger partial charge is 0.387 e. The molecular formula is C29H34F2N4O3. The molecule has 3 aromatic rings. The first-order valence-corrected chi connectivity index (χ1v) is 12.9. The Hall–Kier alpha value is -3.32. The third-order valence-electron chi connectivity index (χ3n) is 6.70. The number of benzene rings is 2. The molecule has 2 aromatic carbocycles. The van der Waals surface area contributed by atoms with Crippen molar-refractivity contribution in [2.75, 3.05) is 46.9 Å². The number of nitrogens with zero attached hydrogens (tertiary/aromatic N) is 4. The summed E-state index contributed by atoms with van der Waals surface area (Å²) in [6.07, 6.45) is 3.11. The van der Waals surface area contributed by atoms with Crippen LogP contribution in [-0.4, -0.2) is 79.2 Å². The van der Waals surface area contributed by atoms with E-state index in [2.05, 4.69) is 16.7 Å². The predicted octanol–water partition coefficient (Wildman–Crippen LogP) is 4.92. The zero-order chi connectivity index (χ0) is 27.1. The van der Waals surface area contributed by atoms with Crippen LogP contribution in [0.2, 0.25) is 0 Å². The van der Waals surface area contributed by atoms with Crippen molar-refractivity contribution in [2.24, 2.45) is 0 Å². The summed E-state index contributed by atoms with van der Waals surface area (Å²) >= 11 is 0. The van der Waals surface area contributed by atoms with Crippen LogP contribution in [0.25, 0.3) is 16.7 Å². The highest BCUT2D eigenvalue weighted by Gasteiger charge is 2.26. The van der Waals surface area contributed by atoms with Crippen LogP contribution in [0.5, 0.6) is 5.75 Å². The van der Waals surface area contributed by atoms with Gasteiger partial charge in [0, 0.05) is 30.6 Å². The number of halogens is 2. The molecule has 0 unspecified atom stereocenters. The fraction of sp³-hybridized carbons (Fsp3) is 0.448. The van der Waals surface area contributed by atoms with E-state index in [0.717, 1.165) is 57.7 Å². The van der Waals surface area contributed by atoms with Crippen molar-refractivity contribution in [1.29, 1.82) is 0 Å². The Balaban J connectivity index is 1.75. The molecule has 4 rings (SSSR count). The fourth-order valence-corrected chi connectivity index (χ4v) is 4.85. The number of carbonyl (C=O) groups excluding carboxylic acids is 1. The van der Waals surface area contributed by atoms with Gasteiger partial charge >= 0.3 is 6.61 Å². The lowest BCUT2D eigenvalue weighted by Crippen LogP contribution is -2.36. The Bertz CT molecular complexity index is 1310. The molecule has 0 spiro atoms.